The molecule has 0 radical (unpaired) electrons. The fourth-order valence-electron chi connectivity index (χ4n) is 4.46. The molecular formula is C30H59O6PS. The summed E-state index contributed by atoms with van der Waals surface area (Å²) in [5.74, 6) is -0.358. The van der Waals surface area contributed by atoms with Crippen molar-refractivity contribution in [3.63, 3.8) is 0 Å². The lowest BCUT2D eigenvalue weighted by Gasteiger charge is -2.24. The van der Waals surface area contributed by atoms with Crippen LogP contribution in [-0.2, 0) is 18.8 Å². The molecule has 0 aliphatic heterocycles. The van der Waals surface area contributed by atoms with Gasteiger partial charge in [0.1, 0.15) is 0 Å². The predicted molar refractivity (Wildman–Crippen MR) is 162 cm³/mol. The Morgan fingerprint density at radius 2 is 1.29 bits per heavy atom. The molecule has 0 fully saturated rings. The van der Waals surface area contributed by atoms with E-state index in [1.54, 1.807) is 0 Å². The molecule has 3 unspecified atom stereocenters. The Labute approximate surface area is 240 Å². The topological polar surface area (TPSA) is 93.1 Å². The summed E-state index contributed by atoms with van der Waals surface area (Å²) in [6.07, 6.45) is 24.8. The van der Waals surface area contributed by atoms with Gasteiger partial charge in [0.05, 0.1) is 12.7 Å². The largest absolute Gasteiger partial charge is 0.478 e. The Morgan fingerprint density at radius 3 is 1.79 bits per heavy atom. The van der Waals surface area contributed by atoms with Crippen LogP contribution in [0.4, 0.5) is 0 Å². The summed E-state index contributed by atoms with van der Waals surface area (Å²) in [6, 6.07) is 0. The monoisotopic (exact) mass is 578 g/mol. The number of hydrogen-bond acceptors (Lipinski definition) is 6. The molecule has 226 valence electrons. The van der Waals surface area contributed by atoms with E-state index in [-0.39, 0.29) is 12.7 Å². The quantitative estimate of drug-likeness (QED) is 0.0649. The molecule has 0 aromatic heterocycles. The van der Waals surface area contributed by atoms with Gasteiger partial charge in [-0.25, -0.2) is 4.79 Å². The minimum Gasteiger partial charge on any atom is -0.478 e. The third kappa shape index (κ3) is 21.6. The van der Waals surface area contributed by atoms with Gasteiger partial charge in [-0.05, 0) is 31.9 Å². The fraction of sp³-hybridized carbons (Fsp3) is 0.967. The molecule has 0 bridgehead atoms. The SMILES string of the molecule is CCCCCCCCCCCCSC(CCCCCCCCC)C(C)OCCCOCC(O)(P=O)C(=O)O. The highest BCUT2D eigenvalue weighted by molar-refractivity contribution is 7.99. The Morgan fingerprint density at radius 1 is 0.789 bits per heavy atom. The van der Waals surface area contributed by atoms with E-state index < -0.39 is 26.4 Å². The second-order valence-corrected chi connectivity index (χ2v) is 13.0. The standard InChI is InChI=1S/C30H59O6PS/c1-4-6-8-10-12-13-14-16-18-20-25-38-28(22-19-17-15-11-9-7-5-2)27(3)36-24-21-23-35-26-30(33,37-34)29(31)32/h27-28,33H,4-26H2,1-3H3,(H,31,32). The number of unbranched alkanes of at least 4 members (excludes halogenated alkanes) is 15. The maximum absolute atomic E-state index is 11.0. The number of aliphatic hydroxyl groups is 1. The summed E-state index contributed by atoms with van der Waals surface area (Å²) in [5, 5.41) is 16.7. The van der Waals surface area contributed by atoms with Gasteiger partial charge in [0, 0.05) is 18.5 Å². The Balaban J connectivity index is 4.21. The van der Waals surface area contributed by atoms with Gasteiger partial charge in [0.2, 0.25) is 8.46 Å². The van der Waals surface area contributed by atoms with Gasteiger partial charge in [0.15, 0.2) is 0 Å². The zero-order valence-corrected chi connectivity index (χ0v) is 26.5. The van der Waals surface area contributed by atoms with E-state index in [2.05, 4.69) is 32.5 Å². The van der Waals surface area contributed by atoms with Crippen molar-refractivity contribution in [3.8, 4) is 0 Å². The van der Waals surface area contributed by atoms with Gasteiger partial charge >= 0.3 is 5.97 Å². The molecule has 3 atom stereocenters. The third-order valence-electron chi connectivity index (χ3n) is 7.06. The summed E-state index contributed by atoms with van der Waals surface area (Å²) in [7, 11) is -0.868. The summed E-state index contributed by atoms with van der Waals surface area (Å²) in [4.78, 5) is 11.0. The minimum absolute atomic E-state index is 0.152. The number of carboxylic acid groups (broad SMARTS) is 1. The van der Waals surface area contributed by atoms with Crippen LogP contribution < -0.4 is 0 Å². The van der Waals surface area contributed by atoms with E-state index in [1.165, 1.54) is 121 Å². The maximum atomic E-state index is 11.0. The molecule has 0 aliphatic carbocycles. The lowest BCUT2D eigenvalue weighted by Crippen LogP contribution is -2.37. The number of thioether (sulfide) groups is 1. The van der Waals surface area contributed by atoms with Crippen molar-refractivity contribution in [2.24, 2.45) is 0 Å². The molecule has 0 spiro atoms. The first-order valence-electron chi connectivity index (χ1n) is 15.5. The van der Waals surface area contributed by atoms with Crippen molar-refractivity contribution in [2.75, 3.05) is 25.6 Å². The molecule has 2 N–H and O–H groups in total. The first-order valence-corrected chi connectivity index (χ1v) is 17.4. The number of hydrogen-bond donors (Lipinski definition) is 2. The molecule has 0 saturated heterocycles. The first-order chi connectivity index (χ1) is 18.4. The number of carboxylic acids is 1. The van der Waals surface area contributed by atoms with Crippen molar-refractivity contribution in [1.82, 2.24) is 0 Å². The average molecular weight is 579 g/mol. The summed E-state index contributed by atoms with van der Waals surface area (Å²) >= 11 is 2.07. The van der Waals surface area contributed by atoms with E-state index >= 15 is 0 Å². The zero-order chi connectivity index (χ0) is 28.3. The van der Waals surface area contributed by atoms with E-state index in [0.717, 1.165) is 0 Å². The van der Waals surface area contributed by atoms with Crippen LogP contribution in [-0.4, -0.2) is 58.5 Å². The molecule has 0 aliphatic rings. The Hall–Kier alpha value is -0.200. The van der Waals surface area contributed by atoms with Crippen LogP contribution in [0.15, 0.2) is 0 Å². The second kappa shape index (κ2) is 27.0. The zero-order valence-electron chi connectivity index (χ0n) is 24.8. The molecule has 0 aromatic carbocycles. The third-order valence-corrected chi connectivity index (χ3v) is 9.25. The van der Waals surface area contributed by atoms with Gasteiger partial charge in [-0.2, -0.15) is 11.8 Å². The number of ether oxygens (including phenoxy) is 2. The highest BCUT2D eigenvalue weighted by Gasteiger charge is 2.37. The van der Waals surface area contributed by atoms with Gasteiger partial charge in [-0.1, -0.05) is 117 Å². The molecule has 6 nitrogen and oxygen atoms in total. The van der Waals surface area contributed by atoms with Gasteiger partial charge in [-0.3, -0.25) is 4.57 Å². The van der Waals surface area contributed by atoms with Crippen LogP contribution in [0.1, 0.15) is 143 Å². The van der Waals surface area contributed by atoms with Crippen LogP contribution in [0, 0.1) is 0 Å². The van der Waals surface area contributed by atoms with Crippen LogP contribution in [0.5, 0.6) is 0 Å². The maximum Gasteiger partial charge on any atom is 0.350 e. The van der Waals surface area contributed by atoms with E-state index in [1.807, 2.05) is 0 Å². The van der Waals surface area contributed by atoms with Crippen molar-refractivity contribution in [3.05, 3.63) is 0 Å². The Kier molecular flexibility index (Phi) is 26.9. The lowest BCUT2D eigenvalue weighted by molar-refractivity contribution is -0.154. The normalized spacial score (nSPS) is 14.9. The van der Waals surface area contributed by atoms with E-state index in [4.69, 9.17) is 14.6 Å². The fourth-order valence-corrected chi connectivity index (χ4v) is 6.04. The first kappa shape index (κ1) is 37.8. The molecule has 0 saturated carbocycles. The second-order valence-electron chi connectivity index (χ2n) is 10.7. The van der Waals surface area contributed by atoms with E-state index in [0.29, 0.717) is 18.3 Å². The lowest BCUT2D eigenvalue weighted by atomic mass is 10.1. The summed E-state index contributed by atoms with van der Waals surface area (Å²) in [5.41, 5.74) is 0. The number of rotatable bonds is 30. The highest BCUT2D eigenvalue weighted by Crippen LogP contribution is 2.26. The number of aliphatic carboxylic acids is 1. The van der Waals surface area contributed by atoms with Gasteiger partial charge in [0.25, 0.3) is 5.34 Å². The van der Waals surface area contributed by atoms with Crippen LogP contribution >= 0.6 is 20.2 Å². The predicted octanol–water partition coefficient (Wildman–Crippen LogP) is 9.03. The van der Waals surface area contributed by atoms with E-state index in [9.17, 15) is 14.5 Å². The van der Waals surface area contributed by atoms with Crippen molar-refractivity contribution >= 4 is 26.2 Å². The average Bonchev–Trinajstić information content (AvgIpc) is 2.91. The molecule has 38 heavy (non-hydrogen) atoms. The molecule has 0 heterocycles. The van der Waals surface area contributed by atoms with Gasteiger partial charge in [-0.15, -0.1) is 0 Å². The molecule has 0 rings (SSSR count). The van der Waals surface area contributed by atoms with Crippen molar-refractivity contribution in [1.29, 1.82) is 0 Å². The molecular weight excluding hydrogens is 519 g/mol. The summed E-state index contributed by atoms with van der Waals surface area (Å²) in [6.45, 7) is 6.97. The molecule has 0 aromatic rings. The van der Waals surface area contributed by atoms with Crippen LogP contribution in [0.3, 0.4) is 0 Å². The molecule has 8 heteroatoms. The van der Waals surface area contributed by atoms with Gasteiger partial charge < -0.3 is 19.7 Å². The molecule has 0 amide bonds. The Bertz CT molecular complexity index is 553. The minimum atomic E-state index is -2.37. The summed E-state index contributed by atoms with van der Waals surface area (Å²) < 4.78 is 22.3. The van der Waals surface area contributed by atoms with Crippen molar-refractivity contribution < 1.29 is 29.0 Å². The van der Waals surface area contributed by atoms with Crippen LogP contribution in [0.25, 0.3) is 0 Å². The highest BCUT2D eigenvalue weighted by atomic mass is 32.2. The van der Waals surface area contributed by atoms with Crippen LogP contribution in [0.2, 0.25) is 0 Å². The number of carbonyl (C=O) groups is 1. The van der Waals surface area contributed by atoms with Crippen molar-refractivity contribution in [2.45, 2.75) is 159 Å². The smallest absolute Gasteiger partial charge is 0.350 e.